The van der Waals surface area contributed by atoms with Gasteiger partial charge in [0.05, 0.1) is 6.54 Å². The van der Waals surface area contributed by atoms with Gasteiger partial charge in [0.2, 0.25) is 5.91 Å². The van der Waals surface area contributed by atoms with Gasteiger partial charge >= 0.3 is 6.03 Å². The molecule has 1 saturated heterocycles. The van der Waals surface area contributed by atoms with E-state index < -0.39 is 11.9 Å². The summed E-state index contributed by atoms with van der Waals surface area (Å²) in [5, 5.41) is 3.01. The van der Waals surface area contributed by atoms with Crippen LogP contribution in [0.3, 0.4) is 0 Å². The van der Waals surface area contributed by atoms with E-state index in [0.717, 1.165) is 0 Å². The highest BCUT2D eigenvalue weighted by molar-refractivity contribution is 6.31. The summed E-state index contributed by atoms with van der Waals surface area (Å²) < 4.78 is 13.0. The van der Waals surface area contributed by atoms with Gasteiger partial charge < -0.3 is 15.1 Å². The maximum atomic E-state index is 13.0. The molecule has 1 aliphatic heterocycles. The van der Waals surface area contributed by atoms with Gasteiger partial charge in [-0.15, -0.1) is 0 Å². The molecule has 0 aromatic heterocycles. The molecule has 1 aliphatic rings. The number of benzene rings is 1. The number of likely N-dealkylation sites (N-methyl/N-ethyl adjacent to an activating group) is 2. The van der Waals surface area contributed by atoms with E-state index in [-0.39, 0.29) is 23.5 Å². The van der Waals surface area contributed by atoms with Crippen molar-refractivity contribution in [2.24, 2.45) is 0 Å². The molecule has 1 heterocycles. The molecule has 1 aromatic rings. The zero-order valence-corrected chi connectivity index (χ0v) is 12.7. The average molecular weight is 314 g/mol. The molecule has 2 rings (SSSR count). The fourth-order valence-corrected chi connectivity index (χ4v) is 2.57. The largest absolute Gasteiger partial charge is 0.350 e. The van der Waals surface area contributed by atoms with Crippen LogP contribution in [0.25, 0.3) is 0 Å². The molecule has 0 saturated carbocycles. The summed E-state index contributed by atoms with van der Waals surface area (Å²) in [7, 11) is 1.66. The van der Waals surface area contributed by atoms with Crippen molar-refractivity contribution < 1.29 is 14.0 Å². The van der Waals surface area contributed by atoms with Gasteiger partial charge in [0.25, 0.3) is 0 Å². The number of amides is 3. The lowest BCUT2D eigenvalue weighted by Crippen LogP contribution is -2.45. The predicted molar refractivity (Wildman–Crippen MR) is 77.5 cm³/mol. The summed E-state index contributed by atoms with van der Waals surface area (Å²) in [6, 6.07) is 3.36. The Hall–Kier alpha value is -1.82. The second kappa shape index (κ2) is 6.30. The number of hydrogen-bond acceptors (Lipinski definition) is 2. The monoisotopic (exact) mass is 313 g/mol. The lowest BCUT2D eigenvalue weighted by molar-refractivity contribution is -0.124. The maximum Gasteiger partial charge on any atom is 0.320 e. The van der Waals surface area contributed by atoms with Gasteiger partial charge in [0, 0.05) is 25.2 Å². The predicted octanol–water partition coefficient (Wildman–Crippen LogP) is 1.85. The van der Waals surface area contributed by atoms with Gasteiger partial charge in [-0.1, -0.05) is 17.7 Å². The van der Waals surface area contributed by atoms with E-state index in [0.29, 0.717) is 18.7 Å². The highest BCUT2D eigenvalue weighted by Crippen LogP contribution is 2.18. The van der Waals surface area contributed by atoms with Gasteiger partial charge in [0.15, 0.2) is 0 Å². The fourth-order valence-electron chi connectivity index (χ4n) is 2.33. The molecule has 1 atom stereocenters. The first-order valence-corrected chi connectivity index (χ1v) is 7.05. The minimum absolute atomic E-state index is 0.155. The van der Waals surface area contributed by atoms with Gasteiger partial charge in [-0.3, -0.25) is 4.79 Å². The van der Waals surface area contributed by atoms with Crippen LogP contribution in [0, 0.1) is 5.82 Å². The maximum absolute atomic E-state index is 13.0. The van der Waals surface area contributed by atoms with E-state index in [1.54, 1.807) is 7.05 Å². The Balaban J connectivity index is 2.00. The van der Waals surface area contributed by atoms with E-state index in [1.165, 1.54) is 28.0 Å². The summed E-state index contributed by atoms with van der Waals surface area (Å²) >= 11 is 5.91. The molecule has 21 heavy (non-hydrogen) atoms. The normalized spacial score (nSPS) is 18.3. The Kier molecular flexibility index (Phi) is 4.67. The van der Waals surface area contributed by atoms with E-state index in [1.807, 2.05) is 6.92 Å². The first-order valence-electron chi connectivity index (χ1n) is 6.67. The molecule has 1 fully saturated rings. The Morgan fingerprint density at radius 3 is 2.86 bits per heavy atom. The summed E-state index contributed by atoms with van der Waals surface area (Å²) in [4.78, 5) is 27.1. The first kappa shape index (κ1) is 15.6. The third-order valence-electron chi connectivity index (χ3n) is 3.51. The van der Waals surface area contributed by atoms with Crippen molar-refractivity contribution in [1.82, 2.24) is 15.1 Å². The Morgan fingerprint density at radius 1 is 1.52 bits per heavy atom. The van der Waals surface area contributed by atoms with E-state index in [4.69, 9.17) is 11.6 Å². The second-order valence-corrected chi connectivity index (χ2v) is 5.33. The molecule has 5 nitrogen and oxygen atoms in total. The van der Waals surface area contributed by atoms with Crippen LogP contribution in [0.2, 0.25) is 5.02 Å². The molecule has 0 bridgehead atoms. The number of hydrogen-bond donors (Lipinski definition) is 1. The summed E-state index contributed by atoms with van der Waals surface area (Å²) in [6.45, 7) is 2.85. The molecule has 0 radical (unpaired) electrons. The SMILES string of the molecule is CCN1C(=O)N(C)CC1C(=O)NCc1ccc(F)cc1Cl. The zero-order valence-electron chi connectivity index (χ0n) is 11.9. The van der Waals surface area contributed by atoms with E-state index in [2.05, 4.69) is 5.32 Å². The van der Waals surface area contributed by atoms with Crippen LogP contribution in [-0.4, -0.2) is 47.9 Å². The van der Waals surface area contributed by atoms with Crippen molar-refractivity contribution in [2.75, 3.05) is 20.1 Å². The Bertz CT molecular complexity index is 567. The molecule has 3 amide bonds. The van der Waals surface area contributed by atoms with E-state index >= 15 is 0 Å². The standard InChI is InChI=1S/C14H17ClFN3O2/c1-3-19-12(8-18(2)14(19)21)13(20)17-7-9-4-5-10(16)6-11(9)15/h4-6,12H,3,7-8H2,1-2H3,(H,17,20). The van der Waals surface area contributed by atoms with Crippen molar-refractivity contribution in [3.63, 3.8) is 0 Å². The van der Waals surface area contributed by atoms with Crippen LogP contribution in [0.1, 0.15) is 12.5 Å². The van der Waals surface area contributed by atoms with Crippen LogP contribution in [0.4, 0.5) is 9.18 Å². The van der Waals surface area contributed by atoms with Crippen molar-refractivity contribution in [1.29, 1.82) is 0 Å². The average Bonchev–Trinajstić information content (AvgIpc) is 2.73. The summed E-state index contributed by atoms with van der Waals surface area (Å²) in [5.74, 6) is -0.662. The van der Waals surface area contributed by atoms with Gasteiger partial charge in [-0.2, -0.15) is 0 Å². The summed E-state index contributed by atoms with van der Waals surface area (Å²) in [5.41, 5.74) is 0.632. The molecule has 1 unspecified atom stereocenters. The van der Waals surface area contributed by atoms with Gasteiger partial charge in [-0.05, 0) is 24.6 Å². The van der Waals surface area contributed by atoms with Crippen molar-refractivity contribution >= 4 is 23.5 Å². The third kappa shape index (κ3) is 3.26. The zero-order chi connectivity index (χ0) is 15.6. The van der Waals surface area contributed by atoms with Crippen LogP contribution in [0.15, 0.2) is 18.2 Å². The van der Waals surface area contributed by atoms with Gasteiger partial charge in [-0.25, -0.2) is 9.18 Å². The number of halogens is 2. The number of nitrogens with one attached hydrogen (secondary N) is 1. The quantitative estimate of drug-likeness (QED) is 0.922. The van der Waals surface area contributed by atoms with Crippen LogP contribution < -0.4 is 5.32 Å². The molecule has 7 heteroatoms. The lowest BCUT2D eigenvalue weighted by atomic mass is 10.2. The van der Waals surface area contributed by atoms with Crippen molar-refractivity contribution in [2.45, 2.75) is 19.5 Å². The smallest absolute Gasteiger partial charge is 0.320 e. The molecule has 1 aromatic carbocycles. The topological polar surface area (TPSA) is 52.7 Å². The first-order chi connectivity index (χ1) is 9.93. The van der Waals surface area contributed by atoms with Gasteiger partial charge in [0.1, 0.15) is 11.9 Å². The number of rotatable bonds is 4. The lowest BCUT2D eigenvalue weighted by Gasteiger charge is -2.20. The molecule has 0 spiro atoms. The van der Waals surface area contributed by atoms with Crippen LogP contribution >= 0.6 is 11.6 Å². The Morgan fingerprint density at radius 2 is 2.24 bits per heavy atom. The summed E-state index contributed by atoms with van der Waals surface area (Å²) in [6.07, 6.45) is 0. The number of carbonyl (C=O) groups is 2. The molecule has 114 valence electrons. The third-order valence-corrected chi connectivity index (χ3v) is 3.86. The highest BCUT2D eigenvalue weighted by atomic mass is 35.5. The minimum atomic E-state index is -0.508. The number of urea groups is 1. The number of carbonyl (C=O) groups excluding carboxylic acids is 2. The molecule has 1 N–H and O–H groups in total. The van der Waals surface area contributed by atoms with Crippen molar-refractivity contribution in [3.05, 3.63) is 34.6 Å². The van der Waals surface area contributed by atoms with Crippen LogP contribution in [-0.2, 0) is 11.3 Å². The van der Waals surface area contributed by atoms with Crippen molar-refractivity contribution in [3.8, 4) is 0 Å². The van der Waals surface area contributed by atoms with Crippen LogP contribution in [0.5, 0.6) is 0 Å². The minimum Gasteiger partial charge on any atom is -0.350 e. The fraction of sp³-hybridized carbons (Fsp3) is 0.429. The molecular formula is C14H17ClFN3O2. The second-order valence-electron chi connectivity index (χ2n) is 4.92. The van der Waals surface area contributed by atoms with E-state index in [9.17, 15) is 14.0 Å². The highest BCUT2D eigenvalue weighted by Gasteiger charge is 2.38. The number of nitrogens with zero attached hydrogens (tertiary/aromatic N) is 2. The molecular weight excluding hydrogens is 297 g/mol. The molecule has 0 aliphatic carbocycles. The Labute approximate surface area is 127 Å².